The molecule has 4 heterocycles. The van der Waals surface area contributed by atoms with E-state index in [9.17, 15) is 4.79 Å². The molecule has 0 radical (unpaired) electrons. The van der Waals surface area contributed by atoms with Crippen molar-refractivity contribution in [3.8, 4) is 17.1 Å². The maximum Gasteiger partial charge on any atom is 0.197 e. The highest BCUT2D eigenvalue weighted by Gasteiger charge is 2.26. The van der Waals surface area contributed by atoms with Crippen LogP contribution in [0.15, 0.2) is 29.1 Å². The van der Waals surface area contributed by atoms with Gasteiger partial charge in [-0.2, -0.15) is 0 Å². The molecule has 0 N–H and O–H groups in total. The first-order valence-corrected chi connectivity index (χ1v) is 11.9. The summed E-state index contributed by atoms with van der Waals surface area (Å²) >= 11 is 0. The van der Waals surface area contributed by atoms with Crippen LogP contribution in [0.3, 0.4) is 0 Å². The van der Waals surface area contributed by atoms with Crippen LogP contribution in [0.5, 0.6) is 5.88 Å². The summed E-state index contributed by atoms with van der Waals surface area (Å²) in [4.78, 5) is 15.3. The lowest BCUT2D eigenvalue weighted by atomic mass is 9.90. The number of hydrogen-bond acceptors (Lipinski definition) is 5. The second-order valence-electron chi connectivity index (χ2n) is 9.79. The molecule has 0 spiro atoms. The van der Waals surface area contributed by atoms with Crippen LogP contribution in [0.25, 0.3) is 11.3 Å². The Morgan fingerprint density at radius 3 is 2.69 bits per heavy atom. The van der Waals surface area contributed by atoms with Crippen LogP contribution < -0.4 is 15.1 Å². The molecule has 32 heavy (non-hydrogen) atoms. The molecule has 0 bridgehead atoms. The number of hydrogen-bond donors (Lipinski definition) is 0. The van der Waals surface area contributed by atoms with Gasteiger partial charge in [-0.25, -0.2) is 0 Å². The lowest BCUT2D eigenvalue weighted by molar-refractivity contribution is -0.102. The van der Waals surface area contributed by atoms with Gasteiger partial charge < -0.3 is 23.7 Å². The first-order valence-electron chi connectivity index (χ1n) is 11.9. The molecular formula is C26H34N2O4. The summed E-state index contributed by atoms with van der Waals surface area (Å²) in [5.41, 5.74) is 5.55. The Bertz CT molecular complexity index is 1030. The van der Waals surface area contributed by atoms with Gasteiger partial charge in [0.25, 0.3) is 0 Å². The largest absolute Gasteiger partial charge is 0.476 e. The molecule has 0 saturated carbocycles. The van der Waals surface area contributed by atoms with Crippen molar-refractivity contribution < 1.29 is 14.2 Å². The third-order valence-corrected chi connectivity index (χ3v) is 7.00. The molecule has 6 nitrogen and oxygen atoms in total. The van der Waals surface area contributed by atoms with Crippen molar-refractivity contribution in [1.82, 2.24) is 4.57 Å². The van der Waals surface area contributed by atoms with Gasteiger partial charge >= 0.3 is 0 Å². The molecule has 3 unspecified atom stereocenters. The van der Waals surface area contributed by atoms with E-state index in [1.165, 1.54) is 17.7 Å². The summed E-state index contributed by atoms with van der Waals surface area (Å²) in [5.74, 6) is 2.06. The van der Waals surface area contributed by atoms with Crippen LogP contribution in [0, 0.1) is 18.8 Å². The molecule has 3 atom stereocenters. The summed E-state index contributed by atoms with van der Waals surface area (Å²) < 4.78 is 19.4. The van der Waals surface area contributed by atoms with E-state index < -0.39 is 0 Å². The highest BCUT2D eigenvalue weighted by Crippen LogP contribution is 2.37. The average molecular weight is 439 g/mol. The first-order chi connectivity index (χ1) is 15.5. The van der Waals surface area contributed by atoms with Crippen LogP contribution in [-0.4, -0.2) is 50.2 Å². The van der Waals surface area contributed by atoms with Gasteiger partial charge in [0.15, 0.2) is 11.3 Å². The molecule has 2 aromatic rings. The predicted octanol–water partition coefficient (Wildman–Crippen LogP) is 3.66. The number of rotatable bonds is 4. The Labute approximate surface area is 190 Å². The van der Waals surface area contributed by atoms with E-state index in [1.807, 2.05) is 6.92 Å². The summed E-state index contributed by atoms with van der Waals surface area (Å²) in [6.07, 6.45) is 2.14. The van der Waals surface area contributed by atoms with Gasteiger partial charge in [-0.3, -0.25) is 4.79 Å². The van der Waals surface area contributed by atoms with E-state index >= 15 is 0 Å². The lowest BCUT2D eigenvalue weighted by Crippen LogP contribution is -2.38. The number of ether oxygens (including phenoxy) is 3. The number of anilines is 1. The van der Waals surface area contributed by atoms with Crippen LogP contribution >= 0.6 is 0 Å². The average Bonchev–Trinajstić information content (AvgIpc) is 2.79. The van der Waals surface area contributed by atoms with Gasteiger partial charge in [-0.1, -0.05) is 19.9 Å². The first kappa shape index (κ1) is 21.5. The fraction of sp³-hybridized carbons (Fsp3) is 0.577. The monoisotopic (exact) mass is 438 g/mol. The van der Waals surface area contributed by atoms with Crippen molar-refractivity contribution >= 4 is 5.69 Å². The van der Waals surface area contributed by atoms with Crippen LogP contribution in [-0.2, 0) is 22.4 Å². The zero-order valence-electron chi connectivity index (χ0n) is 19.4. The second kappa shape index (κ2) is 8.91. The van der Waals surface area contributed by atoms with Crippen molar-refractivity contribution in [3.63, 3.8) is 0 Å². The molecule has 6 heteroatoms. The van der Waals surface area contributed by atoms with Crippen LogP contribution in [0.4, 0.5) is 5.69 Å². The topological polar surface area (TPSA) is 52.9 Å². The van der Waals surface area contributed by atoms with Crippen LogP contribution in [0.1, 0.15) is 31.4 Å². The molecule has 2 fully saturated rings. The van der Waals surface area contributed by atoms with Gasteiger partial charge in [0, 0.05) is 42.5 Å². The lowest BCUT2D eigenvalue weighted by Gasteiger charge is -2.37. The number of pyridine rings is 1. The summed E-state index contributed by atoms with van der Waals surface area (Å²) in [7, 11) is 0. The minimum atomic E-state index is -0.0934. The van der Waals surface area contributed by atoms with E-state index in [4.69, 9.17) is 14.2 Å². The summed E-state index contributed by atoms with van der Waals surface area (Å²) in [5, 5.41) is 0. The fourth-order valence-corrected chi connectivity index (χ4v) is 5.55. The Kier molecular flexibility index (Phi) is 5.99. The number of aryl methyl sites for hydroxylation is 1. The second-order valence-corrected chi connectivity index (χ2v) is 9.79. The van der Waals surface area contributed by atoms with Crippen molar-refractivity contribution in [1.29, 1.82) is 0 Å². The Morgan fingerprint density at radius 1 is 1.12 bits per heavy atom. The third kappa shape index (κ3) is 4.18. The molecule has 2 saturated heterocycles. The van der Waals surface area contributed by atoms with Gasteiger partial charge in [-0.15, -0.1) is 0 Å². The van der Waals surface area contributed by atoms with Crippen molar-refractivity contribution in [3.05, 3.63) is 45.6 Å². The SMILES string of the molecule is Cc1c2n(c(OCC3COCCO3)cc1=O)CCc1cc(N3CC(C)CC(C)C3)ccc1-2. The number of nitrogens with zero attached hydrogens (tertiary/aromatic N) is 2. The number of benzene rings is 1. The molecular weight excluding hydrogens is 404 g/mol. The van der Waals surface area contributed by atoms with E-state index in [0.717, 1.165) is 54.7 Å². The molecule has 172 valence electrons. The smallest absolute Gasteiger partial charge is 0.197 e. The van der Waals surface area contributed by atoms with E-state index in [-0.39, 0.29) is 11.5 Å². The van der Waals surface area contributed by atoms with E-state index in [2.05, 4.69) is 41.5 Å². The third-order valence-electron chi connectivity index (χ3n) is 7.00. The predicted molar refractivity (Wildman–Crippen MR) is 126 cm³/mol. The highest BCUT2D eigenvalue weighted by atomic mass is 16.6. The number of aromatic nitrogens is 1. The maximum atomic E-state index is 12.8. The van der Waals surface area contributed by atoms with Crippen molar-refractivity contribution in [2.45, 2.75) is 46.3 Å². The van der Waals surface area contributed by atoms with E-state index in [1.54, 1.807) is 6.07 Å². The molecule has 0 aliphatic carbocycles. The number of piperidine rings is 1. The summed E-state index contributed by atoms with van der Waals surface area (Å²) in [6, 6.07) is 8.39. The minimum Gasteiger partial charge on any atom is -0.476 e. The Morgan fingerprint density at radius 2 is 1.94 bits per heavy atom. The molecule has 1 aromatic carbocycles. The van der Waals surface area contributed by atoms with E-state index in [0.29, 0.717) is 32.3 Å². The molecule has 0 amide bonds. The van der Waals surface area contributed by atoms with Crippen LogP contribution in [0.2, 0.25) is 0 Å². The molecule has 1 aromatic heterocycles. The fourth-order valence-electron chi connectivity index (χ4n) is 5.55. The standard InChI is InChI=1S/C26H34N2O4/c1-17-10-18(2)14-27(13-17)21-4-5-23-20(11-21)6-7-28-25(12-24(29)19(3)26(23)28)32-16-22-15-30-8-9-31-22/h4-5,11-12,17-18,22H,6-10,13-16H2,1-3H3. The Balaban J connectivity index is 1.45. The van der Waals surface area contributed by atoms with Crippen molar-refractivity contribution in [2.24, 2.45) is 11.8 Å². The van der Waals surface area contributed by atoms with Crippen molar-refractivity contribution in [2.75, 3.05) is 44.4 Å². The molecule has 3 aliphatic rings. The number of fused-ring (bicyclic) bond motifs is 3. The molecule has 5 rings (SSSR count). The maximum absolute atomic E-state index is 12.8. The zero-order valence-corrected chi connectivity index (χ0v) is 19.4. The van der Waals surface area contributed by atoms with Gasteiger partial charge in [0.05, 0.1) is 25.5 Å². The summed E-state index contributed by atoms with van der Waals surface area (Å²) in [6.45, 7) is 11.8. The van der Waals surface area contributed by atoms with Gasteiger partial charge in [0.1, 0.15) is 12.7 Å². The Hall–Kier alpha value is -2.31. The minimum absolute atomic E-state index is 0.0164. The quantitative estimate of drug-likeness (QED) is 0.729. The van der Waals surface area contributed by atoms with Gasteiger partial charge in [-0.05, 0) is 49.3 Å². The molecule has 3 aliphatic heterocycles. The normalized spacial score (nSPS) is 25.2. The highest BCUT2D eigenvalue weighted by molar-refractivity contribution is 5.72. The van der Waals surface area contributed by atoms with Gasteiger partial charge in [0.2, 0.25) is 0 Å². The zero-order chi connectivity index (χ0) is 22.2.